The van der Waals surface area contributed by atoms with E-state index in [1.165, 1.54) is 25.0 Å². The summed E-state index contributed by atoms with van der Waals surface area (Å²) in [5.41, 5.74) is 0.868. The average molecular weight is 313 g/mol. The summed E-state index contributed by atoms with van der Waals surface area (Å²) < 4.78 is 13.2. The van der Waals surface area contributed by atoms with Crippen LogP contribution in [0.2, 0.25) is 0 Å². The quantitative estimate of drug-likeness (QED) is 0.839. The average Bonchev–Trinajstić information content (AvgIpc) is 3.28. The molecule has 1 aromatic carbocycles. The summed E-state index contributed by atoms with van der Waals surface area (Å²) in [6.45, 7) is 1.87. The Morgan fingerprint density at radius 2 is 2.05 bits per heavy atom. The van der Waals surface area contributed by atoms with Gasteiger partial charge in [0, 0.05) is 12.6 Å². The number of benzene rings is 1. The van der Waals surface area contributed by atoms with Crippen molar-refractivity contribution in [1.29, 1.82) is 0 Å². The van der Waals surface area contributed by atoms with Crippen LogP contribution in [-0.4, -0.2) is 29.9 Å². The van der Waals surface area contributed by atoms with Crippen LogP contribution in [0.1, 0.15) is 31.2 Å². The van der Waals surface area contributed by atoms with Gasteiger partial charge in [0.25, 0.3) is 0 Å². The third kappa shape index (κ3) is 4.97. The molecule has 1 aromatic rings. The van der Waals surface area contributed by atoms with Gasteiger partial charge in [0.15, 0.2) is 0 Å². The molecule has 0 saturated heterocycles. The van der Waals surface area contributed by atoms with Crippen molar-refractivity contribution in [2.24, 2.45) is 5.92 Å². The molecule has 0 atom stereocenters. The smallest absolute Gasteiger partial charge is 0.237 e. The number of halogens is 2. The number of amides is 1. The van der Waals surface area contributed by atoms with Crippen LogP contribution in [-0.2, 0) is 11.3 Å². The van der Waals surface area contributed by atoms with Gasteiger partial charge >= 0.3 is 0 Å². The summed E-state index contributed by atoms with van der Waals surface area (Å²) in [7, 11) is 0. The number of hydrogen-bond acceptors (Lipinski definition) is 2. The second-order valence-corrected chi connectivity index (χ2v) is 5.96. The topological polar surface area (TPSA) is 32.3 Å². The third-order valence-corrected chi connectivity index (χ3v) is 3.96. The van der Waals surface area contributed by atoms with Gasteiger partial charge in [-0.05, 0) is 55.8 Å². The molecule has 5 heteroatoms. The molecule has 0 radical (unpaired) electrons. The number of nitrogens with one attached hydrogen (secondary N) is 1. The van der Waals surface area contributed by atoms with E-state index in [9.17, 15) is 9.18 Å². The highest BCUT2D eigenvalue weighted by atomic mass is 35.5. The number of carbonyl (C=O) groups excluding carboxylic acids is 1. The Labute approximate surface area is 131 Å². The molecule has 1 N–H and O–H groups in total. The number of hydrogen-bond donors (Lipinski definition) is 1. The monoisotopic (exact) mass is 312 g/mol. The first-order valence-corrected chi connectivity index (χ1v) is 7.47. The zero-order valence-electron chi connectivity index (χ0n) is 12.1. The van der Waals surface area contributed by atoms with Gasteiger partial charge in [-0.2, -0.15) is 0 Å². The van der Waals surface area contributed by atoms with Gasteiger partial charge in [-0.3, -0.25) is 4.79 Å². The molecule has 21 heavy (non-hydrogen) atoms. The van der Waals surface area contributed by atoms with Gasteiger partial charge in [-0.1, -0.05) is 12.1 Å². The zero-order valence-corrected chi connectivity index (χ0v) is 12.9. The zero-order chi connectivity index (χ0) is 13.9. The van der Waals surface area contributed by atoms with E-state index in [0.29, 0.717) is 19.1 Å². The molecular formula is C16H22ClFN2O. The molecule has 3 nitrogen and oxygen atoms in total. The second-order valence-electron chi connectivity index (χ2n) is 5.96. The first kappa shape index (κ1) is 16.2. The predicted octanol–water partition coefficient (Wildman–Crippen LogP) is 2.74. The fourth-order valence-electron chi connectivity index (χ4n) is 2.45. The van der Waals surface area contributed by atoms with Crippen molar-refractivity contribution in [2.75, 3.05) is 13.1 Å². The lowest BCUT2D eigenvalue weighted by atomic mass is 10.2. The van der Waals surface area contributed by atoms with Gasteiger partial charge in [0.1, 0.15) is 5.82 Å². The van der Waals surface area contributed by atoms with E-state index in [0.717, 1.165) is 30.9 Å². The van der Waals surface area contributed by atoms with E-state index in [-0.39, 0.29) is 24.1 Å². The lowest BCUT2D eigenvalue weighted by Gasteiger charge is -2.23. The molecule has 116 valence electrons. The van der Waals surface area contributed by atoms with Crippen LogP contribution in [0, 0.1) is 11.7 Å². The Kier molecular flexibility index (Phi) is 5.59. The van der Waals surface area contributed by atoms with Crippen molar-refractivity contribution in [3.05, 3.63) is 35.6 Å². The molecule has 2 aliphatic rings. The lowest BCUT2D eigenvalue weighted by Crippen LogP contribution is -2.39. The largest absolute Gasteiger partial charge is 0.334 e. The Hall–Kier alpha value is -1.13. The van der Waals surface area contributed by atoms with Crippen LogP contribution in [0.3, 0.4) is 0 Å². The normalized spacial score (nSPS) is 17.2. The number of rotatable bonds is 7. The summed E-state index contributed by atoms with van der Waals surface area (Å²) in [6.07, 6.45) is 4.72. The Morgan fingerprint density at radius 3 is 2.67 bits per heavy atom. The third-order valence-electron chi connectivity index (χ3n) is 3.96. The van der Waals surface area contributed by atoms with Crippen LogP contribution in [0.15, 0.2) is 24.3 Å². The summed E-state index contributed by atoms with van der Waals surface area (Å²) >= 11 is 0. The van der Waals surface area contributed by atoms with Gasteiger partial charge < -0.3 is 10.2 Å². The van der Waals surface area contributed by atoms with E-state index >= 15 is 0 Å². The van der Waals surface area contributed by atoms with Gasteiger partial charge in [-0.25, -0.2) is 4.39 Å². The van der Waals surface area contributed by atoms with E-state index in [4.69, 9.17) is 0 Å². The Morgan fingerprint density at radius 1 is 1.29 bits per heavy atom. The Balaban J connectivity index is 0.00000161. The first-order valence-electron chi connectivity index (χ1n) is 7.47. The summed E-state index contributed by atoms with van der Waals surface area (Å²) in [5.74, 6) is 0.676. The minimum Gasteiger partial charge on any atom is -0.334 e. The fourth-order valence-corrected chi connectivity index (χ4v) is 2.45. The second kappa shape index (κ2) is 7.23. The minimum absolute atomic E-state index is 0. The summed E-state index contributed by atoms with van der Waals surface area (Å²) in [4.78, 5) is 14.2. The molecule has 0 spiro atoms. The molecule has 2 aliphatic carbocycles. The minimum atomic E-state index is -0.238. The van der Waals surface area contributed by atoms with Crippen molar-refractivity contribution in [1.82, 2.24) is 10.2 Å². The summed E-state index contributed by atoms with van der Waals surface area (Å²) in [6, 6.07) is 6.88. The predicted molar refractivity (Wildman–Crippen MR) is 82.8 cm³/mol. The molecule has 2 fully saturated rings. The molecule has 0 bridgehead atoms. The fraction of sp³-hybridized carbons (Fsp3) is 0.562. The molecule has 0 aliphatic heterocycles. The van der Waals surface area contributed by atoms with Crippen LogP contribution in [0.4, 0.5) is 4.39 Å². The van der Waals surface area contributed by atoms with Gasteiger partial charge in [0.2, 0.25) is 5.91 Å². The first-order chi connectivity index (χ1) is 9.72. The molecular weight excluding hydrogens is 291 g/mol. The molecule has 1 amide bonds. The van der Waals surface area contributed by atoms with Crippen molar-refractivity contribution in [2.45, 2.75) is 38.3 Å². The van der Waals surface area contributed by atoms with Gasteiger partial charge in [0.05, 0.1) is 6.54 Å². The maximum Gasteiger partial charge on any atom is 0.237 e. The van der Waals surface area contributed by atoms with Crippen molar-refractivity contribution < 1.29 is 9.18 Å². The van der Waals surface area contributed by atoms with E-state index in [2.05, 4.69) is 5.32 Å². The molecule has 2 saturated carbocycles. The number of carbonyl (C=O) groups is 1. The van der Waals surface area contributed by atoms with Crippen molar-refractivity contribution in [3.8, 4) is 0 Å². The molecule has 3 rings (SSSR count). The van der Waals surface area contributed by atoms with Crippen LogP contribution >= 0.6 is 12.4 Å². The highest BCUT2D eigenvalue weighted by Gasteiger charge is 2.32. The molecule has 0 unspecified atom stereocenters. The highest BCUT2D eigenvalue weighted by Crippen LogP contribution is 2.29. The summed E-state index contributed by atoms with van der Waals surface area (Å²) in [5, 5.41) is 3.24. The van der Waals surface area contributed by atoms with Crippen LogP contribution < -0.4 is 5.32 Å². The van der Waals surface area contributed by atoms with E-state index < -0.39 is 0 Å². The van der Waals surface area contributed by atoms with Gasteiger partial charge in [-0.15, -0.1) is 12.4 Å². The Bertz CT molecular complexity index is 489. The van der Waals surface area contributed by atoms with E-state index in [1.54, 1.807) is 6.07 Å². The van der Waals surface area contributed by atoms with Crippen molar-refractivity contribution in [3.63, 3.8) is 0 Å². The maximum absolute atomic E-state index is 13.2. The van der Waals surface area contributed by atoms with E-state index in [1.807, 2.05) is 11.0 Å². The highest BCUT2D eigenvalue weighted by molar-refractivity contribution is 5.85. The SMILES string of the molecule is Cl.O=C(CNCC1CC1)N(Cc1cccc(F)c1)C1CC1. The van der Waals surface area contributed by atoms with Crippen LogP contribution in [0.25, 0.3) is 0 Å². The molecule has 0 heterocycles. The van der Waals surface area contributed by atoms with Crippen LogP contribution in [0.5, 0.6) is 0 Å². The maximum atomic E-state index is 13.2. The molecule has 0 aromatic heterocycles. The lowest BCUT2D eigenvalue weighted by molar-refractivity contribution is -0.131. The van der Waals surface area contributed by atoms with Crippen molar-refractivity contribution >= 4 is 18.3 Å². The number of nitrogens with zero attached hydrogens (tertiary/aromatic N) is 1. The standard InChI is InChI=1S/C16H21FN2O.ClH/c17-14-3-1-2-13(8-14)11-19(15-6-7-15)16(20)10-18-9-12-4-5-12;/h1-3,8,12,15,18H,4-7,9-11H2;1H.